The molecule has 0 bridgehead atoms. The minimum Gasteiger partial charge on any atom is -0.453 e. The summed E-state index contributed by atoms with van der Waals surface area (Å²) in [4.78, 5) is 8.22. The third kappa shape index (κ3) is 2.18. The van der Waals surface area contributed by atoms with E-state index in [-0.39, 0.29) is 0 Å². The van der Waals surface area contributed by atoms with Gasteiger partial charge in [0, 0.05) is 23.8 Å². The van der Waals surface area contributed by atoms with E-state index in [2.05, 4.69) is 9.97 Å². The van der Waals surface area contributed by atoms with E-state index in [9.17, 15) is 0 Å². The second-order valence-corrected chi connectivity index (χ2v) is 4.37. The van der Waals surface area contributed by atoms with Crippen LogP contribution >= 0.6 is 11.6 Å². The minimum absolute atomic E-state index is 0.474. The molecule has 0 unspecified atom stereocenters. The van der Waals surface area contributed by atoms with Gasteiger partial charge in [-0.25, -0.2) is 0 Å². The molecule has 0 saturated carbocycles. The lowest BCUT2D eigenvalue weighted by atomic mass is 10.2. The van der Waals surface area contributed by atoms with Crippen LogP contribution in [-0.2, 0) is 0 Å². The summed E-state index contributed by atoms with van der Waals surface area (Å²) in [7, 11) is 0. The van der Waals surface area contributed by atoms with Crippen LogP contribution in [-0.4, -0.2) is 9.97 Å². The molecule has 0 radical (unpaired) electrons. The summed E-state index contributed by atoms with van der Waals surface area (Å²) in [5, 5.41) is 1.48. The number of nitrogens with two attached hydrogens (primary N) is 1. The second kappa shape index (κ2) is 4.74. The maximum absolute atomic E-state index is 6.13. The summed E-state index contributed by atoms with van der Waals surface area (Å²) in [5.41, 5.74) is 6.98. The molecule has 0 fully saturated rings. The second-order valence-electron chi connectivity index (χ2n) is 3.96. The molecule has 94 valence electrons. The Morgan fingerprint density at radius 1 is 1.05 bits per heavy atom. The van der Waals surface area contributed by atoms with Gasteiger partial charge in [-0.05, 0) is 24.3 Å². The van der Waals surface area contributed by atoms with Crippen LogP contribution < -0.4 is 10.5 Å². The average molecular weight is 272 g/mol. The SMILES string of the molecule is Nc1cnccc1Oc1ccc(Cl)c2cccnc12. The van der Waals surface area contributed by atoms with Crippen molar-refractivity contribution in [3.8, 4) is 11.5 Å². The van der Waals surface area contributed by atoms with Crippen molar-refractivity contribution < 1.29 is 4.74 Å². The van der Waals surface area contributed by atoms with Gasteiger partial charge in [0.15, 0.2) is 11.5 Å². The maximum atomic E-state index is 6.13. The van der Waals surface area contributed by atoms with Gasteiger partial charge in [0.05, 0.1) is 16.9 Å². The van der Waals surface area contributed by atoms with Crippen molar-refractivity contribution in [3.63, 3.8) is 0 Å². The fourth-order valence-electron chi connectivity index (χ4n) is 1.80. The Labute approximate surface area is 114 Å². The summed E-state index contributed by atoms with van der Waals surface area (Å²) < 4.78 is 5.79. The molecule has 0 spiro atoms. The van der Waals surface area contributed by atoms with Crippen molar-refractivity contribution in [1.29, 1.82) is 0 Å². The van der Waals surface area contributed by atoms with Crippen LogP contribution in [0.1, 0.15) is 0 Å². The van der Waals surface area contributed by atoms with Gasteiger partial charge in [0.25, 0.3) is 0 Å². The van der Waals surface area contributed by atoms with E-state index in [1.807, 2.05) is 12.1 Å². The predicted molar refractivity (Wildman–Crippen MR) is 75.5 cm³/mol. The quantitative estimate of drug-likeness (QED) is 0.773. The lowest BCUT2D eigenvalue weighted by Gasteiger charge is -2.10. The van der Waals surface area contributed by atoms with Gasteiger partial charge in [0.1, 0.15) is 5.52 Å². The molecule has 0 amide bonds. The monoisotopic (exact) mass is 271 g/mol. The van der Waals surface area contributed by atoms with E-state index in [0.717, 1.165) is 5.39 Å². The molecule has 19 heavy (non-hydrogen) atoms. The minimum atomic E-state index is 0.474. The number of rotatable bonds is 2. The third-order valence-electron chi connectivity index (χ3n) is 2.71. The molecule has 2 N–H and O–H groups in total. The van der Waals surface area contributed by atoms with Gasteiger partial charge >= 0.3 is 0 Å². The lowest BCUT2D eigenvalue weighted by molar-refractivity contribution is 0.489. The Bertz CT molecular complexity index is 746. The van der Waals surface area contributed by atoms with E-state index in [1.165, 1.54) is 0 Å². The normalized spacial score (nSPS) is 10.6. The maximum Gasteiger partial charge on any atom is 0.153 e. The lowest BCUT2D eigenvalue weighted by Crippen LogP contribution is -1.94. The number of halogens is 1. The molecule has 4 nitrogen and oxygen atoms in total. The Morgan fingerprint density at radius 2 is 1.95 bits per heavy atom. The number of aromatic nitrogens is 2. The summed E-state index contributed by atoms with van der Waals surface area (Å²) in [5.74, 6) is 1.15. The highest BCUT2D eigenvalue weighted by Gasteiger charge is 2.09. The summed E-state index contributed by atoms with van der Waals surface area (Å²) in [6.07, 6.45) is 4.86. The van der Waals surface area contributed by atoms with Crippen LogP contribution in [0.15, 0.2) is 48.9 Å². The molecule has 2 heterocycles. The molecule has 2 aromatic heterocycles. The largest absolute Gasteiger partial charge is 0.453 e. The predicted octanol–water partition coefficient (Wildman–Crippen LogP) is 3.66. The van der Waals surface area contributed by atoms with Crippen LogP contribution in [0.2, 0.25) is 5.02 Å². The Balaban J connectivity index is 2.12. The molecule has 5 heteroatoms. The first-order valence-electron chi connectivity index (χ1n) is 5.66. The Morgan fingerprint density at radius 3 is 2.79 bits per heavy atom. The number of anilines is 1. The van der Waals surface area contributed by atoms with Crippen LogP contribution in [0, 0.1) is 0 Å². The standard InChI is InChI=1S/C14H10ClN3O/c15-10-3-4-13(14-9(10)2-1-6-18-14)19-12-5-7-17-8-11(12)16/h1-8H,16H2. The fourth-order valence-corrected chi connectivity index (χ4v) is 2.02. The topological polar surface area (TPSA) is 61.0 Å². The number of hydrogen-bond acceptors (Lipinski definition) is 4. The van der Waals surface area contributed by atoms with Crippen molar-refractivity contribution >= 4 is 28.2 Å². The molecule has 0 aliphatic heterocycles. The molecule has 0 aliphatic carbocycles. The highest BCUT2D eigenvalue weighted by Crippen LogP contribution is 2.34. The van der Waals surface area contributed by atoms with Gasteiger partial charge in [-0.15, -0.1) is 0 Å². The zero-order chi connectivity index (χ0) is 13.2. The zero-order valence-electron chi connectivity index (χ0n) is 9.88. The van der Waals surface area contributed by atoms with Crippen molar-refractivity contribution in [2.24, 2.45) is 0 Å². The number of nitrogens with zero attached hydrogens (tertiary/aromatic N) is 2. The van der Waals surface area contributed by atoms with Gasteiger partial charge in [0.2, 0.25) is 0 Å². The van der Waals surface area contributed by atoms with Crippen molar-refractivity contribution in [2.45, 2.75) is 0 Å². The summed E-state index contributed by atoms with van der Waals surface area (Å²) in [6.45, 7) is 0. The Hall–Kier alpha value is -2.33. The van der Waals surface area contributed by atoms with Gasteiger partial charge in [-0.3, -0.25) is 9.97 Å². The highest BCUT2D eigenvalue weighted by molar-refractivity contribution is 6.35. The van der Waals surface area contributed by atoms with Crippen LogP contribution in [0.3, 0.4) is 0 Å². The van der Waals surface area contributed by atoms with E-state index in [0.29, 0.717) is 27.7 Å². The number of ether oxygens (including phenoxy) is 1. The van der Waals surface area contributed by atoms with Crippen molar-refractivity contribution in [2.75, 3.05) is 5.73 Å². The van der Waals surface area contributed by atoms with E-state index in [1.54, 1.807) is 36.8 Å². The van der Waals surface area contributed by atoms with Gasteiger partial charge < -0.3 is 10.5 Å². The van der Waals surface area contributed by atoms with E-state index >= 15 is 0 Å². The smallest absolute Gasteiger partial charge is 0.153 e. The number of nitrogen functional groups attached to an aromatic ring is 1. The van der Waals surface area contributed by atoms with Gasteiger partial charge in [-0.2, -0.15) is 0 Å². The number of hydrogen-bond donors (Lipinski definition) is 1. The fraction of sp³-hybridized carbons (Fsp3) is 0. The van der Waals surface area contributed by atoms with E-state index in [4.69, 9.17) is 22.1 Å². The first-order valence-corrected chi connectivity index (χ1v) is 6.04. The summed E-state index contributed by atoms with van der Waals surface area (Å²) in [6, 6.07) is 8.99. The number of fused-ring (bicyclic) bond motifs is 1. The molecule has 0 aliphatic rings. The van der Waals surface area contributed by atoms with Crippen LogP contribution in [0.5, 0.6) is 11.5 Å². The molecule has 0 atom stereocenters. The molecular formula is C14H10ClN3O. The zero-order valence-corrected chi connectivity index (χ0v) is 10.6. The molecule has 3 aromatic rings. The van der Waals surface area contributed by atoms with Crippen LogP contribution in [0.25, 0.3) is 10.9 Å². The van der Waals surface area contributed by atoms with Crippen LogP contribution in [0.4, 0.5) is 5.69 Å². The highest BCUT2D eigenvalue weighted by atomic mass is 35.5. The first-order chi connectivity index (χ1) is 9.25. The Kier molecular flexibility index (Phi) is 2.93. The summed E-state index contributed by atoms with van der Waals surface area (Å²) >= 11 is 6.13. The average Bonchev–Trinajstić information content (AvgIpc) is 2.44. The van der Waals surface area contributed by atoms with Crippen molar-refractivity contribution in [3.05, 3.63) is 53.9 Å². The third-order valence-corrected chi connectivity index (χ3v) is 3.04. The first kappa shape index (κ1) is 11.7. The molecule has 1 aromatic carbocycles. The molecular weight excluding hydrogens is 262 g/mol. The van der Waals surface area contributed by atoms with Gasteiger partial charge in [-0.1, -0.05) is 11.6 Å². The van der Waals surface area contributed by atoms with E-state index < -0.39 is 0 Å². The van der Waals surface area contributed by atoms with Crippen molar-refractivity contribution in [1.82, 2.24) is 9.97 Å². The molecule has 3 rings (SSSR count). The number of pyridine rings is 2. The molecule has 0 saturated heterocycles. The number of benzene rings is 1.